The lowest BCUT2D eigenvalue weighted by Gasteiger charge is -2.09. The maximum absolute atomic E-state index is 12.8. The smallest absolute Gasteiger partial charge is 0.257 e. The van der Waals surface area contributed by atoms with Crippen LogP contribution in [0.3, 0.4) is 0 Å². The minimum Gasteiger partial charge on any atom is -0.321 e. The van der Waals surface area contributed by atoms with Crippen molar-refractivity contribution in [3.8, 4) is 17.5 Å². The number of nitrogens with one attached hydrogen (secondary N) is 1. The standard InChI is InChI=1S/C23H19N5O3S/c1-3-15-4-7-17(8-5-15)22-26-21-11-9-18(14-28(21)27-22)25-23(29)19-12-16(13-24)6-10-20(19)32(2,30)31/h4-12,14H,3H2,1-2H3,(H,25,29). The van der Waals surface area contributed by atoms with Crippen molar-refractivity contribution in [3.05, 3.63) is 77.5 Å². The molecule has 0 aliphatic rings. The molecule has 0 radical (unpaired) electrons. The summed E-state index contributed by atoms with van der Waals surface area (Å²) in [6.45, 7) is 2.09. The van der Waals surface area contributed by atoms with Crippen molar-refractivity contribution in [1.29, 1.82) is 5.26 Å². The van der Waals surface area contributed by atoms with E-state index in [1.165, 1.54) is 23.8 Å². The zero-order valence-electron chi connectivity index (χ0n) is 17.4. The van der Waals surface area contributed by atoms with E-state index < -0.39 is 15.7 Å². The van der Waals surface area contributed by atoms with Gasteiger partial charge in [-0.15, -0.1) is 5.10 Å². The van der Waals surface area contributed by atoms with Gasteiger partial charge in [-0.3, -0.25) is 4.79 Å². The Hall–Kier alpha value is -4.03. The zero-order chi connectivity index (χ0) is 22.9. The molecule has 0 bridgehead atoms. The third kappa shape index (κ3) is 4.22. The Balaban J connectivity index is 1.65. The van der Waals surface area contributed by atoms with Gasteiger partial charge in [-0.1, -0.05) is 31.2 Å². The first-order valence-electron chi connectivity index (χ1n) is 9.80. The summed E-state index contributed by atoms with van der Waals surface area (Å²) in [4.78, 5) is 17.2. The van der Waals surface area contributed by atoms with Gasteiger partial charge in [-0.25, -0.2) is 17.9 Å². The van der Waals surface area contributed by atoms with Crippen LogP contribution in [-0.2, 0) is 16.3 Å². The van der Waals surface area contributed by atoms with E-state index in [1.54, 1.807) is 22.8 Å². The van der Waals surface area contributed by atoms with E-state index in [4.69, 9.17) is 5.26 Å². The van der Waals surface area contributed by atoms with Crippen LogP contribution >= 0.6 is 0 Å². The average Bonchev–Trinajstić information content (AvgIpc) is 3.21. The van der Waals surface area contributed by atoms with Crippen LogP contribution in [0.5, 0.6) is 0 Å². The average molecular weight is 446 g/mol. The summed E-state index contributed by atoms with van der Waals surface area (Å²) < 4.78 is 25.7. The van der Waals surface area contributed by atoms with Gasteiger partial charge in [0.15, 0.2) is 21.3 Å². The summed E-state index contributed by atoms with van der Waals surface area (Å²) in [6.07, 6.45) is 3.56. The van der Waals surface area contributed by atoms with Gasteiger partial charge in [0.05, 0.1) is 34.0 Å². The first-order chi connectivity index (χ1) is 15.3. The summed E-state index contributed by atoms with van der Waals surface area (Å²) in [6, 6.07) is 17.1. The summed E-state index contributed by atoms with van der Waals surface area (Å²) in [5, 5.41) is 16.3. The number of hydrogen-bond donors (Lipinski definition) is 1. The Morgan fingerprint density at radius 3 is 2.53 bits per heavy atom. The fourth-order valence-corrected chi connectivity index (χ4v) is 4.13. The van der Waals surface area contributed by atoms with Gasteiger partial charge in [-0.2, -0.15) is 5.26 Å². The maximum Gasteiger partial charge on any atom is 0.257 e. The zero-order valence-corrected chi connectivity index (χ0v) is 18.2. The molecule has 1 amide bonds. The van der Waals surface area contributed by atoms with Crippen LogP contribution in [0.25, 0.3) is 17.0 Å². The SMILES string of the molecule is CCc1ccc(-c2nc3ccc(NC(=O)c4cc(C#N)ccc4S(C)(=O)=O)cn3n2)cc1. The molecule has 1 N–H and O–H groups in total. The molecule has 2 aromatic carbocycles. The van der Waals surface area contributed by atoms with Crippen LogP contribution < -0.4 is 5.32 Å². The van der Waals surface area contributed by atoms with E-state index in [9.17, 15) is 13.2 Å². The third-order valence-corrected chi connectivity index (χ3v) is 6.12. The Morgan fingerprint density at radius 2 is 1.88 bits per heavy atom. The highest BCUT2D eigenvalue weighted by atomic mass is 32.2. The number of nitrogens with zero attached hydrogens (tertiary/aromatic N) is 4. The molecule has 160 valence electrons. The van der Waals surface area contributed by atoms with Crippen molar-refractivity contribution in [2.75, 3.05) is 11.6 Å². The van der Waals surface area contributed by atoms with Crippen LogP contribution in [-0.4, -0.2) is 35.2 Å². The Morgan fingerprint density at radius 1 is 1.12 bits per heavy atom. The monoisotopic (exact) mass is 445 g/mol. The Bertz CT molecular complexity index is 1480. The van der Waals surface area contributed by atoms with Crippen molar-refractivity contribution in [2.45, 2.75) is 18.2 Å². The number of fused-ring (bicyclic) bond motifs is 1. The van der Waals surface area contributed by atoms with Crippen LogP contribution in [0.15, 0.2) is 65.7 Å². The number of rotatable bonds is 5. The molecule has 4 rings (SSSR count). The highest BCUT2D eigenvalue weighted by molar-refractivity contribution is 7.90. The van der Waals surface area contributed by atoms with E-state index in [-0.39, 0.29) is 16.0 Å². The number of sulfone groups is 1. The minimum atomic E-state index is -3.66. The number of carbonyl (C=O) groups excluding carboxylic acids is 1. The van der Waals surface area contributed by atoms with Crippen molar-refractivity contribution >= 4 is 27.1 Å². The molecule has 0 unspecified atom stereocenters. The molecule has 9 heteroatoms. The van der Waals surface area contributed by atoms with Crippen LogP contribution in [0.4, 0.5) is 5.69 Å². The minimum absolute atomic E-state index is 0.0954. The fraction of sp³-hybridized carbons (Fsp3) is 0.130. The topological polar surface area (TPSA) is 117 Å². The number of anilines is 1. The normalized spacial score (nSPS) is 11.3. The molecule has 0 saturated carbocycles. The lowest BCUT2D eigenvalue weighted by molar-refractivity contribution is 0.102. The largest absolute Gasteiger partial charge is 0.321 e. The summed E-state index contributed by atoms with van der Waals surface area (Å²) >= 11 is 0. The molecule has 32 heavy (non-hydrogen) atoms. The maximum atomic E-state index is 12.8. The number of hydrogen-bond acceptors (Lipinski definition) is 6. The van der Waals surface area contributed by atoms with E-state index in [0.717, 1.165) is 18.2 Å². The summed E-state index contributed by atoms with van der Waals surface area (Å²) in [5.74, 6) is -0.0884. The second kappa shape index (κ2) is 8.24. The molecule has 4 aromatic rings. The molecule has 8 nitrogen and oxygen atoms in total. The van der Waals surface area contributed by atoms with E-state index in [1.807, 2.05) is 30.3 Å². The van der Waals surface area contributed by atoms with E-state index in [2.05, 4.69) is 22.3 Å². The highest BCUT2D eigenvalue weighted by Gasteiger charge is 2.20. The number of carbonyl (C=O) groups is 1. The molecular formula is C23H19N5O3S. The van der Waals surface area contributed by atoms with Crippen LogP contribution in [0, 0.1) is 11.3 Å². The number of benzene rings is 2. The van der Waals surface area contributed by atoms with Gasteiger partial charge < -0.3 is 5.32 Å². The van der Waals surface area contributed by atoms with Crippen molar-refractivity contribution in [3.63, 3.8) is 0 Å². The molecule has 0 fully saturated rings. The Labute approximate surface area is 185 Å². The van der Waals surface area contributed by atoms with Gasteiger partial charge in [0.25, 0.3) is 5.91 Å². The van der Waals surface area contributed by atoms with Crippen LogP contribution in [0.2, 0.25) is 0 Å². The lowest BCUT2D eigenvalue weighted by atomic mass is 10.1. The number of nitriles is 1. The van der Waals surface area contributed by atoms with Gasteiger partial charge in [-0.05, 0) is 42.3 Å². The second-order valence-electron chi connectivity index (χ2n) is 7.26. The quantitative estimate of drug-likeness (QED) is 0.503. The third-order valence-electron chi connectivity index (χ3n) is 4.96. The molecule has 0 spiro atoms. The van der Waals surface area contributed by atoms with Crippen molar-refractivity contribution < 1.29 is 13.2 Å². The van der Waals surface area contributed by atoms with Gasteiger partial charge in [0.2, 0.25) is 0 Å². The molecule has 2 aromatic heterocycles. The first kappa shape index (κ1) is 21.2. The highest BCUT2D eigenvalue weighted by Crippen LogP contribution is 2.21. The van der Waals surface area contributed by atoms with Crippen molar-refractivity contribution in [2.24, 2.45) is 0 Å². The fourth-order valence-electron chi connectivity index (χ4n) is 3.27. The van der Waals surface area contributed by atoms with Gasteiger partial charge >= 0.3 is 0 Å². The molecule has 0 saturated heterocycles. The number of pyridine rings is 1. The predicted molar refractivity (Wildman–Crippen MR) is 120 cm³/mol. The summed E-state index contributed by atoms with van der Waals surface area (Å²) in [5.41, 5.74) is 3.19. The lowest BCUT2D eigenvalue weighted by Crippen LogP contribution is -2.16. The number of aryl methyl sites for hydroxylation is 1. The van der Waals surface area contributed by atoms with Crippen LogP contribution in [0.1, 0.15) is 28.4 Å². The van der Waals surface area contributed by atoms with E-state index >= 15 is 0 Å². The Kier molecular flexibility index (Phi) is 5.47. The molecule has 0 atom stereocenters. The van der Waals surface area contributed by atoms with Crippen molar-refractivity contribution in [1.82, 2.24) is 14.6 Å². The second-order valence-corrected chi connectivity index (χ2v) is 9.24. The predicted octanol–water partition coefficient (Wildman–Crippen LogP) is 3.49. The summed E-state index contributed by atoms with van der Waals surface area (Å²) in [7, 11) is -3.66. The van der Waals surface area contributed by atoms with Gasteiger partial charge in [0.1, 0.15) is 0 Å². The number of amides is 1. The molecule has 2 heterocycles. The number of aromatic nitrogens is 3. The van der Waals surface area contributed by atoms with E-state index in [0.29, 0.717) is 17.2 Å². The van der Waals surface area contributed by atoms with Gasteiger partial charge in [0, 0.05) is 11.8 Å². The molecular weight excluding hydrogens is 426 g/mol. The molecule has 0 aliphatic carbocycles. The first-order valence-corrected chi connectivity index (χ1v) is 11.7. The molecule has 0 aliphatic heterocycles.